The number of nitrogens with zero attached hydrogens (tertiary/aromatic N) is 2. The Morgan fingerprint density at radius 1 is 0.822 bits per heavy atom. The Kier molecular flexibility index (Phi) is 11.8. The lowest BCUT2D eigenvalue weighted by atomic mass is 10.0. The van der Waals surface area contributed by atoms with E-state index in [1.165, 1.54) is 4.90 Å². The zero-order valence-corrected chi connectivity index (χ0v) is 26.9. The zero-order valence-electron chi connectivity index (χ0n) is 26.1. The molecule has 0 radical (unpaired) electrons. The molecule has 0 saturated heterocycles. The van der Waals surface area contributed by atoms with E-state index in [0.717, 1.165) is 39.2 Å². The van der Waals surface area contributed by atoms with Crippen LogP contribution in [-0.2, 0) is 39.2 Å². The third kappa shape index (κ3) is 9.68. The van der Waals surface area contributed by atoms with Crippen molar-refractivity contribution in [1.29, 1.82) is 0 Å². The van der Waals surface area contributed by atoms with Gasteiger partial charge in [0.25, 0.3) is 0 Å². The van der Waals surface area contributed by atoms with Gasteiger partial charge in [0.05, 0.1) is 11.9 Å². The number of nitrogens with one attached hydrogen (secondary N) is 1. The van der Waals surface area contributed by atoms with E-state index in [1.807, 2.05) is 98.8 Å². The molecule has 0 bridgehead atoms. The van der Waals surface area contributed by atoms with Gasteiger partial charge in [0.2, 0.25) is 21.8 Å². The highest BCUT2D eigenvalue weighted by Crippen LogP contribution is 2.24. The molecule has 0 aliphatic heterocycles. The summed E-state index contributed by atoms with van der Waals surface area (Å²) in [4.78, 5) is 29.4. The molecule has 45 heavy (non-hydrogen) atoms. The molecule has 4 aromatic carbocycles. The van der Waals surface area contributed by atoms with Crippen LogP contribution in [0.3, 0.4) is 0 Å². The van der Waals surface area contributed by atoms with Gasteiger partial charge in [0.15, 0.2) is 0 Å². The number of hydrogen-bond donors (Lipinski definition) is 1. The standard InChI is InChI=1S/C36H41N3O5S/c1-4-23-37-36(41)34(24-29-14-7-5-8-15-29)38(25-31-18-12-11-13-28(31)2)35(40)26-39(45(3,42)43)32-19-21-33(22-20-32)44-27-30-16-9-6-10-17-30/h5-22,34H,4,23-27H2,1-3H3,(H,37,41)/t34-/m1/s1. The number of carbonyl (C=O) groups is 2. The summed E-state index contributed by atoms with van der Waals surface area (Å²) in [6.07, 6.45) is 2.09. The minimum absolute atomic E-state index is 0.145. The van der Waals surface area contributed by atoms with Crippen LogP contribution in [0.4, 0.5) is 5.69 Å². The lowest BCUT2D eigenvalue weighted by molar-refractivity contribution is -0.140. The van der Waals surface area contributed by atoms with Crippen molar-refractivity contribution in [2.45, 2.75) is 45.9 Å². The highest BCUT2D eigenvalue weighted by Gasteiger charge is 2.33. The maximum Gasteiger partial charge on any atom is 0.244 e. The summed E-state index contributed by atoms with van der Waals surface area (Å²) >= 11 is 0. The Morgan fingerprint density at radius 2 is 1.42 bits per heavy atom. The van der Waals surface area contributed by atoms with Crippen LogP contribution in [0.5, 0.6) is 5.75 Å². The van der Waals surface area contributed by atoms with Crippen molar-refractivity contribution in [3.63, 3.8) is 0 Å². The summed E-state index contributed by atoms with van der Waals surface area (Å²) in [6, 6.07) is 32.7. The molecule has 236 valence electrons. The molecule has 4 rings (SSSR count). The van der Waals surface area contributed by atoms with E-state index < -0.39 is 28.5 Å². The van der Waals surface area contributed by atoms with Gasteiger partial charge >= 0.3 is 0 Å². The Hall–Kier alpha value is -4.63. The number of aryl methyl sites for hydroxylation is 1. The van der Waals surface area contributed by atoms with Crippen LogP contribution >= 0.6 is 0 Å². The molecule has 0 fully saturated rings. The lowest BCUT2D eigenvalue weighted by Gasteiger charge is -2.34. The second-order valence-corrected chi connectivity index (χ2v) is 12.9. The Bertz CT molecular complexity index is 1650. The van der Waals surface area contributed by atoms with Gasteiger partial charge in [-0.2, -0.15) is 0 Å². The van der Waals surface area contributed by atoms with Crippen LogP contribution in [0, 0.1) is 6.92 Å². The van der Waals surface area contributed by atoms with Crippen LogP contribution in [0.25, 0.3) is 0 Å². The van der Waals surface area contributed by atoms with Crippen LogP contribution in [0.15, 0.2) is 109 Å². The van der Waals surface area contributed by atoms with Crippen molar-refractivity contribution in [1.82, 2.24) is 10.2 Å². The number of carbonyl (C=O) groups excluding carboxylic acids is 2. The van der Waals surface area contributed by atoms with Crippen molar-refractivity contribution in [2.75, 3.05) is 23.7 Å². The average molecular weight is 628 g/mol. The first-order chi connectivity index (χ1) is 21.7. The highest BCUT2D eigenvalue weighted by molar-refractivity contribution is 7.92. The number of sulfonamides is 1. The van der Waals surface area contributed by atoms with Crippen molar-refractivity contribution >= 4 is 27.5 Å². The molecular weight excluding hydrogens is 586 g/mol. The SMILES string of the molecule is CCCNC(=O)[C@@H](Cc1ccccc1)N(Cc1ccccc1C)C(=O)CN(c1ccc(OCc2ccccc2)cc1)S(C)(=O)=O. The van der Waals surface area contributed by atoms with E-state index in [0.29, 0.717) is 24.6 Å². The molecular formula is C36H41N3O5S. The molecule has 4 aromatic rings. The summed E-state index contributed by atoms with van der Waals surface area (Å²) in [5.41, 5.74) is 4.06. The van der Waals surface area contributed by atoms with Gasteiger partial charge in [0, 0.05) is 19.5 Å². The fourth-order valence-electron chi connectivity index (χ4n) is 4.95. The number of hydrogen-bond acceptors (Lipinski definition) is 5. The fraction of sp³-hybridized carbons (Fsp3) is 0.278. The minimum atomic E-state index is -3.87. The lowest BCUT2D eigenvalue weighted by Crippen LogP contribution is -2.53. The van der Waals surface area contributed by atoms with Crippen LogP contribution < -0.4 is 14.4 Å². The fourth-order valence-corrected chi connectivity index (χ4v) is 5.80. The van der Waals surface area contributed by atoms with Crippen molar-refractivity contribution < 1.29 is 22.7 Å². The number of anilines is 1. The molecule has 0 heterocycles. The summed E-state index contributed by atoms with van der Waals surface area (Å²) in [7, 11) is -3.87. The maximum atomic E-state index is 14.2. The minimum Gasteiger partial charge on any atom is -0.489 e. The van der Waals surface area contributed by atoms with Gasteiger partial charge in [-0.25, -0.2) is 8.42 Å². The largest absolute Gasteiger partial charge is 0.489 e. The third-order valence-electron chi connectivity index (χ3n) is 7.47. The number of ether oxygens (including phenoxy) is 1. The van der Waals surface area contributed by atoms with Crippen LogP contribution in [0.1, 0.15) is 35.6 Å². The molecule has 0 aliphatic rings. The van der Waals surface area contributed by atoms with Crippen molar-refractivity contribution in [2.24, 2.45) is 0 Å². The zero-order chi connectivity index (χ0) is 32.2. The monoisotopic (exact) mass is 627 g/mol. The number of amides is 2. The predicted octanol–water partition coefficient (Wildman–Crippen LogP) is 5.51. The predicted molar refractivity (Wildman–Crippen MR) is 178 cm³/mol. The highest BCUT2D eigenvalue weighted by atomic mass is 32.2. The summed E-state index contributed by atoms with van der Waals surface area (Å²) in [5.74, 6) is -0.201. The Morgan fingerprint density at radius 3 is 2.02 bits per heavy atom. The molecule has 2 amide bonds. The first kappa shape index (κ1) is 33.3. The van der Waals surface area contributed by atoms with E-state index in [9.17, 15) is 18.0 Å². The van der Waals surface area contributed by atoms with Gasteiger partial charge in [0.1, 0.15) is 24.9 Å². The molecule has 1 N–H and O–H groups in total. The van der Waals surface area contributed by atoms with Crippen molar-refractivity contribution in [3.8, 4) is 5.75 Å². The van der Waals surface area contributed by atoms with E-state index >= 15 is 0 Å². The summed E-state index contributed by atoms with van der Waals surface area (Å²) in [5, 5.41) is 2.96. The van der Waals surface area contributed by atoms with Gasteiger partial charge in [-0.1, -0.05) is 91.9 Å². The quantitative estimate of drug-likeness (QED) is 0.188. The molecule has 9 heteroatoms. The Labute approximate surface area is 266 Å². The first-order valence-corrected chi connectivity index (χ1v) is 16.9. The topological polar surface area (TPSA) is 96.0 Å². The van der Waals surface area contributed by atoms with Crippen LogP contribution in [0.2, 0.25) is 0 Å². The van der Waals surface area contributed by atoms with Gasteiger partial charge in [-0.05, 0) is 59.9 Å². The van der Waals surface area contributed by atoms with Crippen LogP contribution in [-0.4, -0.2) is 50.5 Å². The molecule has 0 aromatic heterocycles. The Balaban J connectivity index is 1.64. The summed E-state index contributed by atoms with van der Waals surface area (Å²) < 4.78 is 33.1. The van der Waals surface area contributed by atoms with E-state index in [4.69, 9.17) is 4.74 Å². The average Bonchev–Trinajstić information content (AvgIpc) is 3.04. The summed E-state index contributed by atoms with van der Waals surface area (Å²) in [6.45, 7) is 4.42. The third-order valence-corrected chi connectivity index (χ3v) is 8.62. The van der Waals surface area contributed by atoms with Crippen molar-refractivity contribution in [3.05, 3.63) is 131 Å². The molecule has 1 atom stereocenters. The normalized spacial score (nSPS) is 11.8. The number of rotatable bonds is 15. The van der Waals surface area contributed by atoms with Gasteiger partial charge in [-0.15, -0.1) is 0 Å². The molecule has 0 spiro atoms. The van der Waals surface area contributed by atoms with Gasteiger partial charge in [-0.3, -0.25) is 13.9 Å². The van der Waals surface area contributed by atoms with E-state index in [2.05, 4.69) is 5.32 Å². The molecule has 8 nitrogen and oxygen atoms in total. The van der Waals surface area contributed by atoms with Gasteiger partial charge < -0.3 is 15.0 Å². The maximum absolute atomic E-state index is 14.2. The smallest absolute Gasteiger partial charge is 0.244 e. The second-order valence-electron chi connectivity index (χ2n) is 11.0. The molecule has 0 unspecified atom stereocenters. The number of benzene rings is 4. The molecule has 0 saturated carbocycles. The first-order valence-electron chi connectivity index (χ1n) is 15.1. The van der Waals surface area contributed by atoms with E-state index in [1.54, 1.807) is 24.3 Å². The van der Waals surface area contributed by atoms with E-state index in [-0.39, 0.29) is 18.9 Å². The molecule has 0 aliphatic carbocycles. The second kappa shape index (κ2) is 15.9.